The van der Waals surface area contributed by atoms with Gasteiger partial charge in [0.25, 0.3) is 0 Å². The van der Waals surface area contributed by atoms with Crippen LogP contribution in [0.15, 0.2) is 77.1 Å². The third-order valence-electron chi connectivity index (χ3n) is 4.17. The van der Waals surface area contributed by atoms with Gasteiger partial charge in [-0.1, -0.05) is 35.9 Å². The molecule has 2 heterocycles. The Bertz CT molecular complexity index is 1110. The van der Waals surface area contributed by atoms with E-state index in [1.807, 2.05) is 41.8 Å². The van der Waals surface area contributed by atoms with Crippen LogP contribution in [-0.4, -0.2) is 14.5 Å². The van der Waals surface area contributed by atoms with E-state index in [9.17, 15) is 5.11 Å². The largest absolute Gasteiger partial charge is 0.508 e. The average Bonchev–Trinajstić information content (AvgIpc) is 2.98. The molecule has 4 aromatic rings. The molecule has 0 bridgehead atoms. The van der Waals surface area contributed by atoms with E-state index < -0.39 is 0 Å². The summed E-state index contributed by atoms with van der Waals surface area (Å²) in [5, 5.41) is 18.4. The zero-order valence-corrected chi connectivity index (χ0v) is 14.6. The predicted octanol–water partition coefficient (Wildman–Crippen LogP) is 5.74. The van der Waals surface area contributed by atoms with Gasteiger partial charge in [-0.3, -0.25) is 4.40 Å². The first-order chi connectivity index (χ1) is 12.6. The molecule has 0 atom stereocenters. The van der Waals surface area contributed by atoms with E-state index >= 15 is 0 Å². The monoisotopic (exact) mass is 342 g/mol. The van der Waals surface area contributed by atoms with Crippen molar-refractivity contribution in [3.05, 3.63) is 78.0 Å². The van der Waals surface area contributed by atoms with Gasteiger partial charge in [-0.05, 0) is 43.7 Å². The van der Waals surface area contributed by atoms with Crippen LogP contribution in [0.5, 0.6) is 5.75 Å². The van der Waals surface area contributed by atoms with E-state index in [2.05, 4.69) is 29.3 Å². The second-order valence-electron chi connectivity index (χ2n) is 6.30. The highest BCUT2D eigenvalue weighted by molar-refractivity contribution is 5.74. The summed E-state index contributed by atoms with van der Waals surface area (Å²) in [6, 6.07) is 18.9. The summed E-state index contributed by atoms with van der Waals surface area (Å²) in [7, 11) is 0. The summed E-state index contributed by atoms with van der Waals surface area (Å²) < 4.78 is 1.93. The van der Waals surface area contributed by atoms with Gasteiger partial charge in [-0.15, -0.1) is 10.2 Å². The van der Waals surface area contributed by atoms with Gasteiger partial charge in [0.05, 0.1) is 5.69 Å². The molecule has 2 aromatic heterocycles. The summed E-state index contributed by atoms with van der Waals surface area (Å²) in [4.78, 5) is 4.76. The molecule has 0 fully saturated rings. The Labute approximate surface area is 151 Å². The average molecular weight is 342 g/mol. The van der Waals surface area contributed by atoms with E-state index in [4.69, 9.17) is 4.98 Å². The number of aromatic nitrogens is 2. The summed E-state index contributed by atoms with van der Waals surface area (Å²) >= 11 is 0. The number of imidazole rings is 1. The van der Waals surface area contributed by atoms with Crippen molar-refractivity contribution in [2.24, 2.45) is 10.2 Å². The lowest BCUT2D eigenvalue weighted by Gasteiger charge is -2.01. The van der Waals surface area contributed by atoms with Crippen molar-refractivity contribution >= 4 is 17.2 Å². The van der Waals surface area contributed by atoms with Crippen molar-refractivity contribution in [1.82, 2.24) is 9.38 Å². The topological polar surface area (TPSA) is 62.2 Å². The SMILES string of the molecule is Cc1ccc(-c2nc3cc(C)ccn3c2N=Nc2cccc(O)c2)cc1. The molecular weight excluding hydrogens is 324 g/mol. The number of rotatable bonds is 3. The zero-order chi connectivity index (χ0) is 18.1. The lowest BCUT2D eigenvalue weighted by Crippen LogP contribution is -1.84. The third-order valence-corrected chi connectivity index (χ3v) is 4.17. The highest BCUT2D eigenvalue weighted by Gasteiger charge is 2.14. The van der Waals surface area contributed by atoms with Crippen LogP contribution in [0.1, 0.15) is 11.1 Å². The van der Waals surface area contributed by atoms with E-state index in [0.717, 1.165) is 22.5 Å². The highest BCUT2D eigenvalue weighted by atomic mass is 16.3. The van der Waals surface area contributed by atoms with Gasteiger partial charge in [0.2, 0.25) is 0 Å². The molecule has 0 saturated carbocycles. The minimum absolute atomic E-state index is 0.161. The molecule has 5 heteroatoms. The van der Waals surface area contributed by atoms with E-state index in [1.165, 1.54) is 5.56 Å². The molecule has 5 nitrogen and oxygen atoms in total. The molecule has 0 amide bonds. The Hall–Kier alpha value is -3.47. The van der Waals surface area contributed by atoms with Crippen LogP contribution < -0.4 is 0 Å². The number of fused-ring (bicyclic) bond motifs is 1. The Balaban J connectivity index is 1.88. The van der Waals surface area contributed by atoms with Crippen molar-refractivity contribution in [2.45, 2.75) is 13.8 Å². The molecule has 128 valence electrons. The maximum atomic E-state index is 9.61. The second kappa shape index (κ2) is 6.44. The van der Waals surface area contributed by atoms with Gasteiger partial charge < -0.3 is 5.11 Å². The minimum atomic E-state index is 0.161. The lowest BCUT2D eigenvalue weighted by molar-refractivity contribution is 0.475. The van der Waals surface area contributed by atoms with Gasteiger partial charge in [0.1, 0.15) is 17.1 Å². The van der Waals surface area contributed by atoms with Crippen LogP contribution in [0.25, 0.3) is 16.9 Å². The molecule has 0 radical (unpaired) electrons. The number of phenols is 1. The maximum absolute atomic E-state index is 9.61. The highest BCUT2D eigenvalue weighted by Crippen LogP contribution is 2.33. The maximum Gasteiger partial charge on any atom is 0.187 e. The molecule has 0 unspecified atom stereocenters. The van der Waals surface area contributed by atoms with E-state index in [-0.39, 0.29) is 5.75 Å². The molecule has 1 N–H and O–H groups in total. The summed E-state index contributed by atoms with van der Waals surface area (Å²) in [5.74, 6) is 0.821. The summed E-state index contributed by atoms with van der Waals surface area (Å²) in [5.41, 5.74) is 5.50. The molecule has 4 rings (SSSR count). The van der Waals surface area contributed by atoms with Crippen molar-refractivity contribution < 1.29 is 5.11 Å². The Morgan fingerprint density at radius 1 is 0.885 bits per heavy atom. The van der Waals surface area contributed by atoms with Crippen LogP contribution in [0.3, 0.4) is 0 Å². The van der Waals surface area contributed by atoms with E-state index in [0.29, 0.717) is 11.5 Å². The number of aromatic hydroxyl groups is 1. The van der Waals surface area contributed by atoms with Gasteiger partial charge in [0, 0.05) is 17.8 Å². The first-order valence-electron chi connectivity index (χ1n) is 8.37. The molecule has 0 aliphatic rings. The van der Waals surface area contributed by atoms with Gasteiger partial charge in [0.15, 0.2) is 5.82 Å². The number of pyridine rings is 1. The minimum Gasteiger partial charge on any atom is -0.508 e. The molecule has 2 aromatic carbocycles. The number of phenolic OH excluding ortho intramolecular Hbond substituents is 1. The molecule has 0 spiro atoms. The zero-order valence-electron chi connectivity index (χ0n) is 14.6. The standard InChI is InChI=1S/C21H18N4O/c1-14-6-8-16(9-7-14)20-21(24-23-17-4-3-5-18(26)13-17)25-11-10-15(2)12-19(25)22-20/h3-13,26H,1-2H3. The van der Waals surface area contributed by atoms with Crippen molar-refractivity contribution in [2.75, 3.05) is 0 Å². The fraction of sp³-hybridized carbons (Fsp3) is 0.0952. The molecule has 26 heavy (non-hydrogen) atoms. The quantitative estimate of drug-likeness (QED) is 0.483. The molecular formula is C21H18N4O. The number of hydrogen-bond acceptors (Lipinski definition) is 4. The van der Waals surface area contributed by atoms with Crippen molar-refractivity contribution in [3.8, 4) is 17.0 Å². The van der Waals surface area contributed by atoms with E-state index in [1.54, 1.807) is 24.3 Å². The van der Waals surface area contributed by atoms with Crippen molar-refractivity contribution in [3.63, 3.8) is 0 Å². The van der Waals surface area contributed by atoms with Crippen LogP contribution in [0.2, 0.25) is 0 Å². The Morgan fingerprint density at radius 3 is 2.46 bits per heavy atom. The van der Waals surface area contributed by atoms with Crippen LogP contribution in [-0.2, 0) is 0 Å². The third kappa shape index (κ3) is 3.07. The van der Waals surface area contributed by atoms with Gasteiger partial charge >= 0.3 is 0 Å². The molecule has 0 aliphatic heterocycles. The molecule has 0 saturated heterocycles. The second-order valence-corrected chi connectivity index (χ2v) is 6.30. The smallest absolute Gasteiger partial charge is 0.187 e. The van der Waals surface area contributed by atoms with Crippen LogP contribution in [0.4, 0.5) is 11.5 Å². The summed E-state index contributed by atoms with van der Waals surface area (Å²) in [6.07, 6.45) is 1.95. The number of hydrogen-bond donors (Lipinski definition) is 1. The number of aryl methyl sites for hydroxylation is 2. The van der Waals surface area contributed by atoms with Crippen LogP contribution >= 0.6 is 0 Å². The fourth-order valence-corrected chi connectivity index (χ4v) is 2.79. The molecule has 0 aliphatic carbocycles. The first kappa shape index (κ1) is 16.0. The van der Waals surface area contributed by atoms with Gasteiger partial charge in [-0.25, -0.2) is 4.98 Å². The Morgan fingerprint density at radius 2 is 1.69 bits per heavy atom. The number of azo groups is 1. The van der Waals surface area contributed by atoms with Gasteiger partial charge in [-0.2, -0.15) is 0 Å². The summed E-state index contributed by atoms with van der Waals surface area (Å²) in [6.45, 7) is 4.09. The first-order valence-corrected chi connectivity index (χ1v) is 8.37. The number of nitrogens with zero attached hydrogens (tertiary/aromatic N) is 4. The fourth-order valence-electron chi connectivity index (χ4n) is 2.79. The predicted molar refractivity (Wildman–Crippen MR) is 102 cm³/mol. The normalized spacial score (nSPS) is 11.5. The Kier molecular flexibility index (Phi) is 3.97. The van der Waals surface area contributed by atoms with Crippen molar-refractivity contribution in [1.29, 1.82) is 0 Å². The lowest BCUT2D eigenvalue weighted by atomic mass is 10.1. The number of benzene rings is 2. The van der Waals surface area contributed by atoms with Crippen LogP contribution in [0, 0.1) is 13.8 Å².